The fourth-order valence-electron chi connectivity index (χ4n) is 2.48. The Morgan fingerprint density at radius 2 is 2.33 bits per heavy atom. The van der Waals surface area contributed by atoms with E-state index < -0.39 is 5.82 Å². The van der Waals surface area contributed by atoms with Gasteiger partial charge in [0.25, 0.3) is 5.91 Å². The molecule has 27 heavy (non-hydrogen) atoms. The number of nitrogens with zero attached hydrogens (tertiary/aromatic N) is 3. The molecule has 0 aliphatic rings. The topological polar surface area (TPSA) is 81.7 Å². The number of carbonyl (C=O) groups excluding carboxylic acids is 1. The molecule has 7 nitrogen and oxygen atoms in total. The Morgan fingerprint density at radius 1 is 1.44 bits per heavy atom. The number of fused-ring (bicyclic) bond motifs is 1. The molecule has 0 saturated heterocycles. The van der Waals surface area contributed by atoms with Crippen LogP contribution in [0.2, 0.25) is 0 Å². The number of halogens is 1. The first-order chi connectivity index (χ1) is 13.1. The van der Waals surface area contributed by atoms with Gasteiger partial charge in [0.05, 0.1) is 11.7 Å². The van der Waals surface area contributed by atoms with Crippen LogP contribution in [0.4, 0.5) is 4.39 Å². The summed E-state index contributed by atoms with van der Waals surface area (Å²) < 4.78 is 25.7. The summed E-state index contributed by atoms with van der Waals surface area (Å²) >= 11 is 1.52. The molecule has 1 amide bonds. The minimum atomic E-state index is -0.395. The van der Waals surface area contributed by atoms with E-state index in [0.29, 0.717) is 5.75 Å². The number of hydrogen-bond donors (Lipinski definition) is 1. The average molecular weight is 386 g/mol. The fourth-order valence-corrected chi connectivity index (χ4v) is 3.19. The van der Waals surface area contributed by atoms with Gasteiger partial charge >= 0.3 is 0 Å². The SMILES string of the molecule is CC(NC(=O)c1coc(COc2cccc(F)c2)n1)c1cn2ccsc2n1. The molecule has 0 fully saturated rings. The Labute approximate surface area is 157 Å². The highest BCUT2D eigenvalue weighted by Crippen LogP contribution is 2.18. The number of benzene rings is 1. The molecule has 1 atom stereocenters. The zero-order valence-electron chi connectivity index (χ0n) is 14.3. The highest BCUT2D eigenvalue weighted by atomic mass is 32.1. The summed E-state index contributed by atoms with van der Waals surface area (Å²) in [7, 11) is 0. The lowest BCUT2D eigenvalue weighted by atomic mass is 10.2. The minimum absolute atomic E-state index is 0.0103. The normalized spacial score (nSPS) is 12.2. The number of oxazole rings is 1. The average Bonchev–Trinajstić information content (AvgIpc) is 3.35. The van der Waals surface area contributed by atoms with E-state index in [1.165, 1.54) is 29.7 Å². The fraction of sp³-hybridized carbons (Fsp3) is 0.167. The Balaban J connectivity index is 1.37. The van der Waals surface area contributed by atoms with Crippen molar-refractivity contribution in [1.29, 1.82) is 0 Å². The predicted molar refractivity (Wildman–Crippen MR) is 96.2 cm³/mol. The second kappa shape index (κ2) is 7.20. The number of ether oxygens (including phenoxy) is 1. The molecule has 1 N–H and O–H groups in total. The summed E-state index contributed by atoms with van der Waals surface area (Å²) in [5.74, 6) is -0.195. The van der Waals surface area contributed by atoms with Crippen molar-refractivity contribution in [3.63, 3.8) is 0 Å². The van der Waals surface area contributed by atoms with Crippen LogP contribution in [0.15, 0.2) is 52.7 Å². The zero-order chi connectivity index (χ0) is 18.8. The molecule has 0 bridgehead atoms. The molecule has 0 aliphatic carbocycles. The predicted octanol–water partition coefficient (Wildman–Crippen LogP) is 3.59. The molecule has 0 spiro atoms. The number of carbonyl (C=O) groups is 1. The number of nitrogens with one attached hydrogen (secondary N) is 1. The van der Waals surface area contributed by atoms with Crippen LogP contribution in [-0.2, 0) is 6.61 Å². The van der Waals surface area contributed by atoms with Gasteiger partial charge in [0.1, 0.15) is 17.8 Å². The van der Waals surface area contributed by atoms with Crippen molar-refractivity contribution in [3.8, 4) is 5.75 Å². The van der Waals surface area contributed by atoms with E-state index in [9.17, 15) is 9.18 Å². The maximum atomic E-state index is 13.1. The van der Waals surface area contributed by atoms with Crippen LogP contribution in [0, 0.1) is 5.82 Å². The molecule has 0 aliphatic heterocycles. The second-order valence-electron chi connectivity index (χ2n) is 5.83. The lowest BCUT2D eigenvalue weighted by Gasteiger charge is -2.09. The smallest absolute Gasteiger partial charge is 0.273 e. The van der Waals surface area contributed by atoms with Crippen LogP contribution in [0.5, 0.6) is 5.75 Å². The molecule has 138 valence electrons. The molecular formula is C18H15FN4O3S. The first-order valence-electron chi connectivity index (χ1n) is 8.14. The van der Waals surface area contributed by atoms with Gasteiger partial charge in [-0.25, -0.2) is 14.4 Å². The van der Waals surface area contributed by atoms with E-state index >= 15 is 0 Å². The minimum Gasteiger partial charge on any atom is -0.484 e. The van der Waals surface area contributed by atoms with Crippen LogP contribution < -0.4 is 10.1 Å². The highest BCUT2D eigenvalue weighted by molar-refractivity contribution is 7.15. The van der Waals surface area contributed by atoms with E-state index in [1.807, 2.05) is 29.1 Å². The third-order valence-electron chi connectivity index (χ3n) is 3.85. The first-order valence-corrected chi connectivity index (χ1v) is 9.02. The van der Waals surface area contributed by atoms with Gasteiger partial charge in [-0.3, -0.25) is 9.20 Å². The van der Waals surface area contributed by atoms with Crippen LogP contribution in [0.25, 0.3) is 4.96 Å². The number of rotatable bonds is 6. The third kappa shape index (κ3) is 3.82. The molecule has 9 heteroatoms. The molecule has 3 aromatic heterocycles. The van der Waals surface area contributed by atoms with Crippen LogP contribution in [-0.4, -0.2) is 20.3 Å². The molecule has 0 radical (unpaired) electrons. The first kappa shape index (κ1) is 17.2. The monoisotopic (exact) mass is 386 g/mol. The zero-order valence-corrected chi connectivity index (χ0v) is 15.1. The van der Waals surface area contributed by atoms with Crippen molar-refractivity contribution < 1.29 is 18.3 Å². The molecule has 3 heterocycles. The molecule has 1 unspecified atom stereocenters. The third-order valence-corrected chi connectivity index (χ3v) is 4.62. The van der Waals surface area contributed by atoms with E-state index in [4.69, 9.17) is 9.15 Å². The maximum absolute atomic E-state index is 13.1. The number of imidazole rings is 1. The summed E-state index contributed by atoms with van der Waals surface area (Å²) in [4.78, 5) is 21.8. The van der Waals surface area contributed by atoms with Crippen molar-refractivity contribution in [2.24, 2.45) is 0 Å². The largest absolute Gasteiger partial charge is 0.484 e. The molecule has 1 aromatic carbocycles. The Morgan fingerprint density at radius 3 is 3.15 bits per heavy atom. The molecular weight excluding hydrogens is 371 g/mol. The summed E-state index contributed by atoms with van der Waals surface area (Å²) in [6.07, 6.45) is 5.05. The number of aromatic nitrogens is 3. The molecule has 4 aromatic rings. The highest BCUT2D eigenvalue weighted by Gasteiger charge is 2.18. The number of hydrogen-bond acceptors (Lipinski definition) is 6. The van der Waals surface area contributed by atoms with E-state index in [0.717, 1.165) is 10.7 Å². The summed E-state index contributed by atoms with van der Waals surface area (Å²) in [5, 5.41) is 4.78. The van der Waals surface area contributed by atoms with Crippen molar-refractivity contribution in [2.45, 2.75) is 19.6 Å². The van der Waals surface area contributed by atoms with Gasteiger partial charge in [-0.2, -0.15) is 0 Å². The van der Waals surface area contributed by atoms with Crippen molar-refractivity contribution >= 4 is 22.2 Å². The van der Waals surface area contributed by atoms with Crippen LogP contribution >= 0.6 is 11.3 Å². The van der Waals surface area contributed by atoms with Gasteiger partial charge < -0.3 is 14.5 Å². The Hall–Kier alpha value is -3.20. The Bertz CT molecular complexity index is 1060. The molecule has 0 saturated carbocycles. The van der Waals surface area contributed by atoms with Crippen LogP contribution in [0.1, 0.15) is 35.0 Å². The van der Waals surface area contributed by atoms with Gasteiger partial charge in [0, 0.05) is 23.8 Å². The lowest BCUT2D eigenvalue weighted by molar-refractivity contribution is 0.0934. The van der Waals surface area contributed by atoms with E-state index in [2.05, 4.69) is 15.3 Å². The quantitative estimate of drug-likeness (QED) is 0.548. The lowest BCUT2D eigenvalue weighted by Crippen LogP contribution is -2.27. The van der Waals surface area contributed by atoms with Gasteiger partial charge in [-0.05, 0) is 19.1 Å². The summed E-state index contributed by atoms with van der Waals surface area (Å²) in [6.45, 7) is 1.84. The summed E-state index contributed by atoms with van der Waals surface area (Å²) in [5.41, 5.74) is 0.897. The van der Waals surface area contributed by atoms with Gasteiger partial charge in [0.15, 0.2) is 17.3 Å². The van der Waals surface area contributed by atoms with Crippen molar-refractivity contribution in [2.75, 3.05) is 0 Å². The standard InChI is InChI=1S/C18H15FN4O3S/c1-11(14-8-23-5-6-27-18(23)22-14)20-17(24)15-9-26-16(21-15)10-25-13-4-2-3-12(19)7-13/h2-9,11H,10H2,1H3,(H,20,24). The van der Waals surface area contributed by atoms with Crippen molar-refractivity contribution in [1.82, 2.24) is 19.7 Å². The van der Waals surface area contributed by atoms with Gasteiger partial charge in [-0.15, -0.1) is 11.3 Å². The number of thiazole rings is 1. The summed E-state index contributed by atoms with van der Waals surface area (Å²) in [6, 6.07) is 5.46. The van der Waals surface area contributed by atoms with Gasteiger partial charge in [-0.1, -0.05) is 6.07 Å². The maximum Gasteiger partial charge on any atom is 0.273 e. The van der Waals surface area contributed by atoms with E-state index in [-0.39, 0.29) is 30.1 Å². The molecule has 4 rings (SSSR count). The second-order valence-corrected chi connectivity index (χ2v) is 6.70. The van der Waals surface area contributed by atoms with Crippen LogP contribution in [0.3, 0.4) is 0 Å². The van der Waals surface area contributed by atoms with Gasteiger partial charge in [0.2, 0.25) is 5.89 Å². The van der Waals surface area contributed by atoms with E-state index in [1.54, 1.807) is 12.1 Å². The number of amides is 1. The Kier molecular flexibility index (Phi) is 4.59. The van der Waals surface area contributed by atoms with Crippen molar-refractivity contribution in [3.05, 3.63) is 71.4 Å².